The standard InChI is InChI=1S/C11H15N3O4/c1-13-9(15)6-8(12-11(13)18)14-4-2-7(3-5-14)10(16)17/h6-7H,2-5H2,1H3,(H,12,18)(H,16,17). The largest absolute Gasteiger partial charge is 0.481 e. The van der Waals surface area contributed by atoms with Crippen molar-refractivity contribution >= 4 is 11.8 Å². The maximum absolute atomic E-state index is 11.5. The highest BCUT2D eigenvalue weighted by Gasteiger charge is 2.25. The fraction of sp³-hybridized carbons (Fsp3) is 0.545. The van der Waals surface area contributed by atoms with Crippen molar-refractivity contribution in [1.29, 1.82) is 0 Å². The molecule has 98 valence electrons. The van der Waals surface area contributed by atoms with E-state index in [1.54, 1.807) is 0 Å². The van der Waals surface area contributed by atoms with Crippen LogP contribution in [-0.4, -0.2) is 33.7 Å². The number of aliphatic carboxylic acids is 1. The summed E-state index contributed by atoms with van der Waals surface area (Å²) in [5.41, 5.74) is -0.827. The van der Waals surface area contributed by atoms with E-state index in [1.807, 2.05) is 4.90 Å². The van der Waals surface area contributed by atoms with E-state index < -0.39 is 11.7 Å². The number of carboxylic acid groups (broad SMARTS) is 1. The molecule has 0 radical (unpaired) electrons. The molecule has 7 heteroatoms. The number of nitrogens with one attached hydrogen (secondary N) is 1. The van der Waals surface area contributed by atoms with Gasteiger partial charge in [-0.25, -0.2) is 4.79 Å². The Morgan fingerprint density at radius 1 is 1.39 bits per heavy atom. The minimum Gasteiger partial charge on any atom is -0.481 e. The molecule has 1 saturated heterocycles. The van der Waals surface area contributed by atoms with E-state index in [1.165, 1.54) is 13.1 Å². The zero-order valence-corrected chi connectivity index (χ0v) is 10.0. The molecule has 0 bridgehead atoms. The summed E-state index contributed by atoms with van der Waals surface area (Å²) in [6.45, 7) is 1.06. The number of hydrogen-bond acceptors (Lipinski definition) is 4. The molecule has 1 aromatic rings. The van der Waals surface area contributed by atoms with E-state index >= 15 is 0 Å². The second kappa shape index (κ2) is 4.67. The minimum absolute atomic E-state index is 0.334. The van der Waals surface area contributed by atoms with Gasteiger partial charge in [0.05, 0.1) is 5.92 Å². The van der Waals surface area contributed by atoms with Crippen molar-refractivity contribution in [3.8, 4) is 0 Å². The van der Waals surface area contributed by atoms with Crippen LogP contribution in [0.5, 0.6) is 0 Å². The maximum atomic E-state index is 11.5. The molecule has 1 aliphatic rings. The molecule has 1 fully saturated rings. The summed E-state index contributed by atoms with van der Waals surface area (Å²) >= 11 is 0. The summed E-state index contributed by atoms with van der Waals surface area (Å²) in [5.74, 6) is -0.654. The molecule has 0 unspecified atom stereocenters. The zero-order chi connectivity index (χ0) is 13.3. The molecule has 0 amide bonds. The third kappa shape index (κ3) is 2.29. The number of H-pyrrole nitrogens is 1. The molecular weight excluding hydrogens is 238 g/mol. The topological polar surface area (TPSA) is 95.4 Å². The zero-order valence-electron chi connectivity index (χ0n) is 10.0. The number of carboxylic acids is 1. The Bertz CT molecular complexity index is 535. The number of hydrogen-bond donors (Lipinski definition) is 2. The molecule has 2 rings (SSSR count). The summed E-state index contributed by atoms with van der Waals surface area (Å²) in [5, 5.41) is 8.89. The van der Waals surface area contributed by atoms with Gasteiger partial charge in [-0.3, -0.25) is 19.1 Å². The maximum Gasteiger partial charge on any atom is 0.329 e. The van der Waals surface area contributed by atoms with Gasteiger partial charge in [-0.1, -0.05) is 0 Å². The van der Waals surface area contributed by atoms with E-state index in [9.17, 15) is 14.4 Å². The SMILES string of the molecule is Cn1c(=O)cc(N2CCC(C(=O)O)CC2)[nH]c1=O. The lowest BCUT2D eigenvalue weighted by molar-refractivity contribution is -0.142. The fourth-order valence-electron chi connectivity index (χ4n) is 2.08. The quantitative estimate of drug-likeness (QED) is 0.732. The van der Waals surface area contributed by atoms with Gasteiger partial charge in [-0.2, -0.15) is 0 Å². The van der Waals surface area contributed by atoms with Crippen LogP contribution < -0.4 is 16.1 Å². The third-order valence-electron chi connectivity index (χ3n) is 3.32. The number of piperidine rings is 1. The summed E-state index contributed by atoms with van der Waals surface area (Å²) in [7, 11) is 1.40. The van der Waals surface area contributed by atoms with Crippen molar-refractivity contribution in [2.75, 3.05) is 18.0 Å². The van der Waals surface area contributed by atoms with E-state index in [-0.39, 0.29) is 11.5 Å². The first-order valence-corrected chi connectivity index (χ1v) is 5.77. The van der Waals surface area contributed by atoms with Gasteiger partial charge in [-0.05, 0) is 12.8 Å². The normalized spacial score (nSPS) is 16.8. The second-order valence-corrected chi connectivity index (χ2v) is 4.46. The lowest BCUT2D eigenvalue weighted by Crippen LogP contribution is -2.40. The van der Waals surface area contributed by atoms with E-state index in [2.05, 4.69) is 4.98 Å². The molecule has 0 saturated carbocycles. The average Bonchev–Trinajstić information content (AvgIpc) is 2.35. The smallest absolute Gasteiger partial charge is 0.329 e. The minimum atomic E-state index is -0.785. The van der Waals surface area contributed by atoms with Gasteiger partial charge < -0.3 is 10.0 Å². The highest BCUT2D eigenvalue weighted by atomic mass is 16.4. The van der Waals surface area contributed by atoms with Gasteiger partial charge in [0.25, 0.3) is 5.56 Å². The number of nitrogens with zero attached hydrogens (tertiary/aromatic N) is 2. The van der Waals surface area contributed by atoms with E-state index in [0.717, 1.165) is 4.57 Å². The van der Waals surface area contributed by atoms with Crippen molar-refractivity contribution in [2.24, 2.45) is 13.0 Å². The van der Waals surface area contributed by atoms with Crippen LogP contribution in [0.15, 0.2) is 15.7 Å². The Balaban J connectivity index is 2.18. The van der Waals surface area contributed by atoms with Crippen LogP contribution >= 0.6 is 0 Å². The number of aromatic nitrogens is 2. The summed E-state index contributed by atoms with van der Waals surface area (Å²) in [6.07, 6.45) is 1.04. The first kappa shape index (κ1) is 12.4. The van der Waals surface area contributed by atoms with Crippen molar-refractivity contribution in [3.05, 3.63) is 26.9 Å². The molecule has 7 nitrogen and oxygen atoms in total. The Hall–Kier alpha value is -2.05. The first-order valence-electron chi connectivity index (χ1n) is 5.77. The molecule has 0 spiro atoms. The predicted octanol–water partition coefficient (Wildman–Crippen LogP) is -0.625. The van der Waals surface area contributed by atoms with Crippen LogP contribution in [-0.2, 0) is 11.8 Å². The van der Waals surface area contributed by atoms with E-state index in [0.29, 0.717) is 31.7 Å². The molecule has 2 heterocycles. The summed E-state index contributed by atoms with van der Waals surface area (Å²) < 4.78 is 0.994. The van der Waals surface area contributed by atoms with E-state index in [4.69, 9.17) is 5.11 Å². The van der Waals surface area contributed by atoms with Gasteiger partial charge in [-0.15, -0.1) is 0 Å². The number of rotatable bonds is 2. The van der Waals surface area contributed by atoms with Crippen molar-refractivity contribution in [3.63, 3.8) is 0 Å². The summed E-state index contributed by atoms with van der Waals surface area (Å²) in [6, 6.07) is 1.36. The highest BCUT2D eigenvalue weighted by Crippen LogP contribution is 2.20. The predicted molar refractivity (Wildman–Crippen MR) is 64.9 cm³/mol. The van der Waals surface area contributed by atoms with Gasteiger partial charge in [0.1, 0.15) is 5.82 Å². The number of anilines is 1. The first-order chi connectivity index (χ1) is 8.49. The van der Waals surface area contributed by atoms with Crippen LogP contribution in [0.1, 0.15) is 12.8 Å². The molecule has 2 N–H and O–H groups in total. The van der Waals surface area contributed by atoms with Gasteiger partial charge in [0.2, 0.25) is 0 Å². The van der Waals surface area contributed by atoms with Crippen molar-refractivity contribution in [1.82, 2.24) is 9.55 Å². The molecule has 1 aromatic heterocycles. The van der Waals surface area contributed by atoms with Crippen LogP contribution in [0.25, 0.3) is 0 Å². The van der Waals surface area contributed by atoms with Crippen molar-refractivity contribution in [2.45, 2.75) is 12.8 Å². The van der Waals surface area contributed by atoms with Crippen LogP contribution in [0, 0.1) is 5.92 Å². The van der Waals surface area contributed by atoms with Crippen LogP contribution in [0.4, 0.5) is 5.82 Å². The molecular formula is C11H15N3O4. The Labute approximate surface area is 103 Å². The second-order valence-electron chi connectivity index (χ2n) is 4.46. The van der Waals surface area contributed by atoms with Gasteiger partial charge in [0, 0.05) is 26.2 Å². The third-order valence-corrected chi connectivity index (χ3v) is 3.32. The molecule has 18 heavy (non-hydrogen) atoms. The highest BCUT2D eigenvalue weighted by molar-refractivity contribution is 5.70. The molecule has 0 aliphatic carbocycles. The van der Waals surface area contributed by atoms with Gasteiger partial charge in [0.15, 0.2) is 0 Å². The Kier molecular flexibility index (Phi) is 3.22. The van der Waals surface area contributed by atoms with Crippen LogP contribution in [0.2, 0.25) is 0 Å². The summed E-state index contributed by atoms with van der Waals surface area (Å²) in [4.78, 5) is 38.2. The lowest BCUT2D eigenvalue weighted by Gasteiger charge is -2.31. The Morgan fingerprint density at radius 3 is 2.50 bits per heavy atom. The van der Waals surface area contributed by atoms with Gasteiger partial charge >= 0.3 is 11.7 Å². The van der Waals surface area contributed by atoms with Crippen LogP contribution in [0.3, 0.4) is 0 Å². The van der Waals surface area contributed by atoms with Crippen molar-refractivity contribution < 1.29 is 9.90 Å². The Morgan fingerprint density at radius 2 is 2.00 bits per heavy atom. The monoisotopic (exact) mass is 253 g/mol. The number of aromatic amines is 1. The molecule has 0 aromatic carbocycles. The lowest BCUT2D eigenvalue weighted by atomic mass is 9.97. The number of carbonyl (C=O) groups is 1. The molecule has 1 aliphatic heterocycles. The molecule has 0 atom stereocenters. The fourth-order valence-corrected chi connectivity index (χ4v) is 2.08. The average molecular weight is 253 g/mol.